The molecule has 0 saturated heterocycles. The lowest BCUT2D eigenvalue weighted by atomic mass is 10.1. The number of ether oxygens (including phenoxy) is 1. The minimum Gasteiger partial charge on any atom is -0.454 e. The zero-order valence-electron chi connectivity index (χ0n) is 19.4. The number of aryl methyl sites for hydroxylation is 2. The molecule has 2 heterocycles. The third kappa shape index (κ3) is 5.52. The molecular weight excluding hydrogens is 438 g/mol. The number of ketones is 1. The van der Waals surface area contributed by atoms with Gasteiger partial charge >= 0.3 is 5.97 Å². The van der Waals surface area contributed by atoms with Crippen LogP contribution in [0.15, 0.2) is 49.1 Å². The fraction of sp³-hybridized carbons (Fsp3) is 0.269. The molecule has 0 unspecified atom stereocenters. The molecule has 0 aliphatic heterocycles. The number of aromatic nitrogens is 3. The smallest absolute Gasteiger partial charge is 0.331 e. The van der Waals surface area contributed by atoms with E-state index in [0.717, 1.165) is 33.9 Å². The van der Waals surface area contributed by atoms with Gasteiger partial charge in [0.2, 0.25) is 5.78 Å². The molecular formula is C26H28ClN3O3. The van der Waals surface area contributed by atoms with Crippen LogP contribution in [0.2, 0.25) is 5.02 Å². The third-order valence-corrected chi connectivity index (χ3v) is 6.00. The van der Waals surface area contributed by atoms with Crippen LogP contribution in [0.3, 0.4) is 0 Å². The van der Waals surface area contributed by atoms with E-state index >= 15 is 0 Å². The second kappa shape index (κ2) is 10.5. The Hall–Kier alpha value is -3.38. The number of Topliss-reactive ketones (excluding diaryl/α,β-unsaturated/α-hetero) is 1. The number of carbonyl (C=O) groups is 2. The average Bonchev–Trinajstić information content (AvgIpc) is 3.21. The maximum atomic E-state index is 12.6. The standard InChI is InChI=1S/C26H28ClN3O3/c1-6-13-29-17(2)14-23(19(29)4)25(31)16-33-26(32)12-11-22-18(3)28-30(20(22)5)15-21-9-7-8-10-24(21)27/h6-12,14H,1,13,15-16H2,2-5H3. The highest BCUT2D eigenvalue weighted by Gasteiger charge is 2.17. The van der Waals surface area contributed by atoms with Crippen LogP contribution in [0.4, 0.5) is 0 Å². The van der Waals surface area contributed by atoms with Crippen LogP contribution in [0.1, 0.15) is 44.3 Å². The van der Waals surface area contributed by atoms with E-state index in [9.17, 15) is 9.59 Å². The first-order chi connectivity index (χ1) is 15.7. The second-order valence-electron chi connectivity index (χ2n) is 7.88. The van der Waals surface area contributed by atoms with E-state index in [4.69, 9.17) is 16.3 Å². The van der Waals surface area contributed by atoms with Gasteiger partial charge in [-0.15, -0.1) is 6.58 Å². The Balaban J connectivity index is 1.65. The summed E-state index contributed by atoms with van der Waals surface area (Å²) < 4.78 is 9.04. The van der Waals surface area contributed by atoms with E-state index in [0.29, 0.717) is 23.7 Å². The molecule has 0 radical (unpaired) electrons. The van der Waals surface area contributed by atoms with Crippen molar-refractivity contribution in [2.75, 3.05) is 6.61 Å². The number of halogens is 1. The van der Waals surface area contributed by atoms with Crippen LogP contribution < -0.4 is 0 Å². The van der Waals surface area contributed by atoms with Gasteiger partial charge in [0.25, 0.3) is 0 Å². The molecule has 0 amide bonds. The fourth-order valence-corrected chi connectivity index (χ4v) is 4.00. The summed E-state index contributed by atoms with van der Waals surface area (Å²) in [6.45, 7) is 12.2. The summed E-state index contributed by atoms with van der Waals surface area (Å²) >= 11 is 6.27. The lowest BCUT2D eigenvalue weighted by molar-refractivity contribution is -0.136. The summed E-state index contributed by atoms with van der Waals surface area (Å²) in [6.07, 6.45) is 4.77. The van der Waals surface area contributed by atoms with Crippen molar-refractivity contribution in [1.82, 2.24) is 14.3 Å². The number of benzene rings is 1. The molecule has 3 aromatic rings. The predicted molar refractivity (Wildman–Crippen MR) is 131 cm³/mol. The third-order valence-electron chi connectivity index (χ3n) is 5.63. The molecule has 0 atom stereocenters. The summed E-state index contributed by atoms with van der Waals surface area (Å²) in [6, 6.07) is 9.43. The highest BCUT2D eigenvalue weighted by molar-refractivity contribution is 6.31. The van der Waals surface area contributed by atoms with E-state index in [2.05, 4.69) is 11.7 Å². The van der Waals surface area contributed by atoms with Crippen molar-refractivity contribution in [3.63, 3.8) is 0 Å². The Bertz CT molecular complexity index is 1230. The topological polar surface area (TPSA) is 66.1 Å². The average molecular weight is 466 g/mol. The quantitative estimate of drug-likeness (QED) is 0.187. The fourth-order valence-electron chi connectivity index (χ4n) is 3.80. The number of allylic oxidation sites excluding steroid dienone is 1. The predicted octanol–water partition coefficient (Wildman–Crippen LogP) is 5.25. The number of carbonyl (C=O) groups excluding carboxylic acids is 2. The largest absolute Gasteiger partial charge is 0.454 e. The van der Waals surface area contributed by atoms with Crippen LogP contribution in [-0.2, 0) is 22.6 Å². The van der Waals surface area contributed by atoms with Crippen molar-refractivity contribution >= 4 is 29.4 Å². The van der Waals surface area contributed by atoms with E-state index in [-0.39, 0.29) is 12.4 Å². The molecule has 7 heteroatoms. The number of nitrogens with zero attached hydrogens (tertiary/aromatic N) is 3. The van der Waals surface area contributed by atoms with Crippen LogP contribution >= 0.6 is 11.6 Å². The van der Waals surface area contributed by atoms with Gasteiger partial charge in [0.05, 0.1) is 12.2 Å². The first-order valence-corrected chi connectivity index (χ1v) is 11.0. The number of hydrogen-bond acceptors (Lipinski definition) is 4. The molecule has 0 aliphatic carbocycles. The maximum absolute atomic E-state index is 12.6. The van der Waals surface area contributed by atoms with Crippen LogP contribution in [0, 0.1) is 27.7 Å². The summed E-state index contributed by atoms with van der Waals surface area (Å²) in [5.41, 5.74) is 5.84. The van der Waals surface area contributed by atoms with Gasteiger partial charge in [-0.3, -0.25) is 9.48 Å². The van der Waals surface area contributed by atoms with Crippen LogP contribution in [-0.4, -0.2) is 32.7 Å². The van der Waals surface area contributed by atoms with E-state index in [1.807, 2.05) is 67.3 Å². The normalized spacial score (nSPS) is 11.2. The molecule has 0 N–H and O–H groups in total. The number of rotatable bonds is 9. The lowest BCUT2D eigenvalue weighted by Crippen LogP contribution is -2.13. The molecule has 1 aromatic carbocycles. The van der Waals surface area contributed by atoms with Gasteiger partial charge in [-0.2, -0.15) is 5.10 Å². The van der Waals surface area contributed by atoms with E-state index < -0.39 is 5.97 Å². The summed E-state index contributed by atoms with van der Waals surface area (Å²) in [4.78, 5) is 24.8. The van der Waals surface area contributed by atoms with Gasteiger partial charge < -0.3 is 9.30 Å². The molecule has 0 aliphatic rings. The first kappa shape index (κ1) is 24.3. The molecule has 0 saturated carbocycles. The van der Waals surface area contributed by atoms with Gasteiger partial charge in [0.15, 0.2) is 6.61 Å². The van der Waals surface area contributed by atoms with Gasteiger partial charge in [0.1, 0.15) is 0 Å². The summed E-state index contributed by atoms with van der Waals surface area (Å²) in [5, 5.41) is 5.25. The van der Waals surface area contributed by atoms with Crippen LogP contribution in [0.5, 0.6) is 0 Å². The van der Waals surface area contributed by atoms with E-state index in [1.54, 1.807) is 12.2 Å². The highest BCUT2D eigenvalue weighted by atomic mass is 35.5. The monoisotopic (exact) mass is 465 g/mol. The summed E-state index contributed by atoms with van der Waals surface area (Å²) in [7, 11) is 0. The Kier molecular flexibility index (Phi) is 7.71. The van der Waals surface area contributed by atoms with Crippen molar-refractivity contribution in [1.29, 1.82) is 0 Å². The maximum Gasteiger partial charge on any atom is 0.331 e. The molecule has 172 valence electrons. The number of esters is 1. The minimum atomic E-state index is -0.582. The van der Waals surface area contributed by atoms with Gasteiger partial charge in [-0.25, -0.2) is 4.79 Å². The summed E-state index contributed by atoms with van der Waals surface area (Å²) in [5.74, 6) is -0.819. The van der Waals surface area contributed by atoms with E-state index in [1.165, 1.54) is 6.08 Å². The molecule has 33 heavy (non-hydrogen) atoms. The SMILES string of the molecule is C=CCn1c(C)cc(C(=O)COC(=O)C=Cc2c(C)nn(Cc3ccccc3Cl)c2C)c1C. The molecule has 2 aromatic heterocycles. The van der Waals surface area contributed by atoms with Crippen molar-refractivity contribution in [3.8, 4) is 0 Å². The molecule has 6 nitrogen and oxygen atoms in total. The van der Waals surface area contributed by atoms with Crippen molar-refractivity contribution in [2.45, 2.75) is 40.8 Å². The lowest BCUT2D eigenvalue weighted by Gasteiger charge is -2.07. The van der Waals surface area contributed by atoms with Crippen molar-refractivity contribution < 1.29 is 14.3 Å². The molecule has 0 bridgehead atoms. The van der Waals surface area contributed by atoms with Crippen molar-refractivity contribution in [2.24, 2.45) is 0 Å². The van der Waals surface area contributed by atoms with Crippen LogP contribution in [0.25, 0.3) is 6.08 Å². The Morgan fingerprint density at radius 1 is 1.15 bits per heavy atom. The molecule has 0 spiro atoms. The Labute approximate surface area is 199 Å². The van der Waals surface area contributed by atoms with Crippen molar-refractivity contribution in [3.05, 3.63) is 93.6 Å². The Morgan fingerprint density at radius 3 is 2.58 bits per heavy atom. The molecule has 3 rings (SSSR count). The Morgan fingerprint density at radius 2 is 1.88 bits per heavy atom. The molecule has 0 fully saturated rings. The highest BCUT2D eigenvalue weighted by Crippen LogP contribution is 2.20. The zero-order valence-corrected chi connectivity index (χ0v) is 20.1. The zero-order chi connectivity index (χ0) is 24.1. The first-order valence-electron chi connectivity index (χ1n) is 10.7. The second-order valence-corrected chi connectivity index (χ2v) is 8.29. The van der Waals surface area contributed by atoms with Gasteiger partial charge in [-0.1, -0.05) is 35.9 Å². The minimum absolute atomic E-state index is 0.236. The van der Waals surface area contributed by atoms with Gasteiger partial charge in [0, 0.05) is 45.9 Å². The number of hydrogen-bond donors (Lipinski definition) is 0. The van der Waals surface area contributed by atoms with Gasteiger partial charge in [-0.05, 0) is 51.5 Å².